The molecule has 0 aliphatic carbocycles. The quantitative estimate of drug-likeness (QED) is 0.605. The molecule has 14 heavy (non-hydrogen) atoms. The molecule has 2 N–H and O–H groups in total. The summed E-state index contributed by atoms with van der Waals surface area (Å²) >= 11 is 0. The zero-order valence-electron chi connectivity index (χ0n) is 8.73. The van der Waals surface area contributed by atoms with Crippen LogP contribution in [0.4, 0.5) is 0 Å². The number of carbonyl (C=O) groups excluding carboxylic acids is 1. The van der Waals surface area contributed by atoms with Gasteiger partial charge in [-0.3, -0.25) is 9.69 Å². The molecule has 1 saturated heterocycles. The second-order valence-electron chi connectivity index (χ2n) is 3.59. The van der Waals surface area contributed by atoms with Gasteiger partial charge in [0.1, 0.15) is 6.04 Å². The van der Waals surface area contributed by atoms with Crippen LogP contribution >= 0.6 is 0 Å². The molecule has 0 aromatic rings. The lowest BCUT2D eigenvalue weighted by Crippen LogP contribution is -2.45. The molecule has 82 valence electrons. The maximum atomic E-state index is 11.1. The van der Waals surface area contributed by atoms with Crippen molar-refractivity contribution in [1.82, 2.24) is 4.90 Å². The number of esters is 1. The van der Waals surface area contributed by atoms with E-state index in [1.165, 1.54) is 7.11 Å². The first kappa shape index (κ1) is 11.4. The smallest absolute Gasteiger partial charge is 0.323 e. The van der Waals surface area contributed by atoms with Crippen LogP contribution in [-0.4, -0.2) is 56.9 Å². The van der Waals surface area contributed by atoms with E-state index in [0.29, 0.717) is 12.6 Å². The van der Waals surface area contributed by atoms with Crippen molar-refractivity contribution in [2.24, 2.45) is 5.73 Å². The molecule has 1 fully saturated rings. The molecule has 0 amide bonds. The lowest BCUT2D eigenvalue weighted by Gasteiger charge is -2.24. The van der Waals surface area contributed by atoms with Crippen LogP contribution in [0.3, 0.4) is 0 Å². The average molecular weight is 202 g/mol. The van der Waals surface area contributed by atoms with Gasteiger partial charge in [0, 0.05) is 19.2 Å². The molecule has 0 aromatic heterocycles. The van der Waals surface area contributed by atoms with E-state index < -0.39 is 6.04 Å². The maximum absolute atomic E-state index is 11.1. The predicted molar refractivity (Wildman–Crippen MR) is 51.8 cm³/mol. The second-order valence-corrected chi connectivity index (χ2v) is 3.59. The molecule has 0 radical (unpaired) electrons. The zero-order chi connectivity index (χ0) is 10.6. The Bertz CT molecular complexity index is 192. The van der Waals surface area contributed by atoms with Crippen molar-refractivity contribution in [3.8, 4) is 0 Å². The number of rotatable bonds is 4. The van der Waals surface area contributed by atoms with Crippen molar-refractivity contribution >= 4 is 5.97 Å². The summed E-state index contributed by atoms with van der Waals surface area (Å²) in [5.41, 5.74) is 5.64. The molecule has 2 unspecified atom stereocenters. The molecular weight excluding hydrogens is 184 g/mol. The standard InChI is InChI=1S/C9H18N2O3/c1-11(7-3-4-14-6-7)5-8(10)9(12)13-2/h7-8H,3-6,10H2,1-2H3. The first-order chi connectivity index (χ1) is 6.65. The third kappa shape index (κ3) is 2.94. The third-order valence-electron chi connectivity index (χ3n) is 2.52. The van der Waals surface area contributed by atoms with Crippen LogP contribution in [0.5, 0.6) is 0 Å². The van der Waals surface area contributed by atoms with Gasteiger partial charge in [-0.15, -0.1) is 0 Å². The van der Waals surface area contributed by atoms with Crippen LogP contribution < -0.4 is 5.73 Å². The van der Waals surface area contributed by atoms with Gasteiger partial charge in [0.2, 0.25) is 0 Å². The Hall–Kier alpha value is -0.650. The highest BCUT2D eigenvalue weighted by molar-refractivity contribution is 5.75. The molecule has 2 atom stereocenters. The van der Waals surface area contributed by atoms with Gasteiger partial charge in [-0.1, -0.05) is 0 Å². The first-order valence-electron chi connectivity index (χ1n) is 4.76. The van der Waals surface area contributed by atoms with E-state index in [0.717, 1.165) is 19.6 Å². The fourth-order valence-corrected chi connectivity index (χ4v) is 1.55. The van der Waals surface area contributed by atoms with Crippen molar-refractivity contribution in [1.29, 1.82) is 0 Å². The minimum absolute atomic E-state index is 0.365. The van der Waals surface area contributed by atoms with Crippen LogP contribution in [0, 0.1) is 0 Å². The van der Waals surface area contributed by atoms with Crippen LogP contribution in [0.2, 0.25) is 0 Å². The van der Waals surface area contributed by atoms with E-state index in [1.807, 2.05) is 7.05 Å². The Kier molecular flexibility index (Phi) is 4.31. The van der Waals surface area contributed by atoms with E-state index in [9.17, 15) is 4.79 Å². The highest BCUT2D eigenvalue weighted by atomic mass is 16.5. The number of hydrogen-bond acceptors (Lipinski definition) is 5. The van der Waals surface area contributed by atoms with Crippen LogP contribution in [0.15, 0.2) is 0 Å². The van der Waals surface area contributed by atoms with E-state index in [2.05, 4.69) is 9.64 Å². The highest BCUT2D eigenvalue weighted by Crippen LogP contribution is 2.10. The number of methoxy groups -OCH3 is 1. The molecule has 0 bridgehead atoms. The average Bonchev–Trinajstić information content (AvgIpc) is 2.69. The van der Waals surface area contributed by atoms with E-state index >= 15 is 0 Å². The van der Waals surface area contributed by atoms with Gasteiger partial charge < -0.3 is 15.2 Å². The van der Waals surface area contributed by atoms with Gasteiger partial charge in [-0.05, 0) is 13.5 Å². The fraction of sp³-hybridized carbons (Fsp3) is 0.889. The summed E-state index contributed by atoms with van der Waals surface area (Å²) in [4.78, 5) is 13.1. The number of nitrogens with zero attached hydrogens (tertiary/aromatic N) is 1. The minimum Gasteiger partial charge on any atom is -0.468 e. The molecular formula is C9H18N2O3. The summed E-state index contributed by atoms with van der Waals surface area (Å²) in [6.45, 7) is 2.04. The maximum Gasteiger partial charge on any atom is 0.323 e. The SMILES string of the molecule is COC(=O)C(N)CN(C)C1CCOC1. The van der Waals surface area contributed by atoms with Gasteiger partial charge in [-0.2, -0.15) is 0 Å². The normalized spacial score (nSPS) is 23.9. The monoisotopic (exact) mass is 202 g/mol. The van der Waals surface area contributed by atoms with Gasteiger partial charge in [0.05, 0.1) is 13.7 Å². The van der Waals surface area contributed by atoms with Gasteiger partial charge in [0.15, 0.2) is 0 Å². The highest BCUT2D eigenvalue weighted by Gasteiger charge is 2.24. The van der Waals surface area contributed by atoms with Crippen molar-refractivity contribution in [3.63, 3.8) is 0 Å². The molecule has 0 aromatic carbocycles. The molecule has 1 aliphatic heterocycles. The molecule has 1 rings (SSSR count). The molecule has 1 heterocycles. The summed E-state index contributed by atoms with van der Waals surface area (Å²) < 4.78 is 9.80. The zero-order valence-corrected chi connectivity index (χ0v) is 8.73. The summed E-state index contributed by atoms with van der Waals surface area (Å²) in [6, 6.07) is -0.184. The van der Waals surface area contributed by atoms with Crippen LogP contribution in [-0.2, 0) is 14.3 Å². The molecule has 0 saturated carbocycles. The number of hydrogen-bond donors (Lipinski definition) is 1. The molecule has 0 spiro atoms. The van der Waals surface area contributed by atoms with Crippen molar-refractivity contribution < 1.29 is 14.3 Å². The lowest BCUT2D eigenvalue weighted by atomic mass is 10.2. The van der Waals surface area contributed by atoms with Gasteiger partial charge in [0.25, 0.3) is 0 Å². The van der Waals surface area contributed by atoms with Crippen molar-refractivity contribution in [3.05, 3.63) is 0 Å². The van der Waals surface area contributed by atoms with E-state index in [-0.39, 0.29) is 5.97 Å². The summed E-state index contributed by atoms with van der Waals surface area (Å²) in [6.07, 6.45) is 1.00. The van der Waals surface area contributed by atoms with Crippen LogP contribution in [0.25, 0.3) is 0 Å². The minimum atomic E-state index is -0.564. The Balaban J connectivity index is 2.31. The Morgan fingerprint density at radius 3 is 3.00 bits per heavy atom. The summed E-state index contributed by atoms with van der Waals surface area (Å²) in [7, 11) is 3.29. The van der Waals surface area contributed by atoms with Crippen molar-refractivity contribution in [2.75, 3.05) is 33.9 Å². The van der Waals surface area contributed by atoms with Gasteiger partial charge in [-0.25, -0.2) is 0 Å². The first-order valence-corrected chi connectivity index (χ1v) is 4.76. The molecule has 5 nitrogen and oxygen atoms in total. The largest absolute Gasteiger partial charge is 0.468 e. The predicted octanol–water partition coefficient (Wildman–Crippen LogP) is -0.793. The summed E-state index contributed by atoms with van der Waals surface area (Å²) in [5, 5.41) is 0. The fourth-order valence-electron chi connectivity index (χ4n) is 1.55. The van der Waals surface area contributed by atoms with Crippen molar-refractivity contribution in [2.45, 2.75) is 18.5 Å². The second kappa shape index (κ2) is 5.29. The Labute approximate surface area is 84.1 Å². The number of carbonyl (C=O) groups is 1. The summed E-state index contributed by atoms with van der Waals surface area (Å²) in [5.74, 6) is -0.365. The Morgan fingerprint density at radius 2 is 2.50 bits per heavy atom. The third-order valence-corrected chi connectivity index (χ3v) is 2.52. The lowest BCUT2D eigenvalue weighted by molar-refractivity contribution is -0.142. The molecule has 5 heteroatoms. The number of ether oxygens (including phenoxy) is 2. The van der Waals surface area contributed by atoms with E-state index in [1.54, 1.807) is 0 Å². The van der Waals surface area contributed by atoms with E-state index in [4.69, 9.17) is 10.5 Å². The Morgan fingerprint density at radius 1 is 1.79 bits per heavy atom. The topological polar surface area (TPSA) is 64.8 Å². The van der Waals surface area contributed by atoms with Crippen LogP contribution in [0.1, 0.15) is 6.42 Å². The number of nitrogens with two attached hydrogens (primary N) is 1. The number of likely N-dealkylation sites (N-methyl/N-ethyl adjacent to an activating group) is 1. The molecule has 1 aliphatic rings. The van der Waals surface area contributed by atoms with Gasteiger partial charge >= 0.3 is 5.97 Å².